The molecule has 0 heterocycles. The molecule has 0 spiro atoms. The van der Waals surface area contributed by atoms with Gasteiger partial charge in [0.25, 0.3) is 0 Å². The highest BCUT2D eigenvalue weighted by Crippen LogP contribution is 2.40. The Morgan fingerprint density at radius 2 is 1.93 bits per heavy atom. The van der Waals surface area contributed by atoms with Crippen LogP contribution in [-0.2, 0) is 11.2 Å². The Morgan fingerprint density at radius 3 is 2.60 bits per heavy atom. The molecule has 0 radical (unpaired) electrons. The summed E-state index contributed by atoms with van der Waals surface area (Å²) in [4.78, 5) is 12.7. The highest BCUT2D eigenvalue weighted by Gasteiger charge is 2.46. The van der Waals surface area contributed by atoms with E-state index in [1.165, 1.54) is 5.56 Å². The monoisotopic (exact) mass is 415 g/mol. The maximum Gasteiger partial charge on any atom is 0.223 e. The first kappa shape index (κ1) is 24.3. The standard InChI is InChI=1S/C25H37NO4/c1-3-5-7-12-21(25(30)26-4-2)24-20(22(28)17-23(24)29)16-15-19(27)14-13-18-10-8-6-9-11-18/h3,5-6,8-11,15-16,19-24,27-29H,4,7,12-14,17H2,1-2H3,(H,26,30)/b5-3?,16-15+/t19?,20-,21?,22+,23-,24+/m0/s1. The first-order chi connectivity index (χ1) is 14.5. The Morgan fingerprint density at radius 1 is 1.20 bits per heavy atom. The molecule has 1 aromatic carbocycles. The lowest BCUT2D eigenvalue weighted by atomic mass is 9.78. The van der Waals surface area contributed by atoms with E-state index in [0.717, 1.165) is 12.8 Å². The molecular formula is C25H37NO4. The van der Waals surface area contributed by atoms with Crippen molar-refractivity contribution in [2.45, 2.75) is 64.3 Å². The molecule has 1 aliphatic rings. The second kappa shape index (κ2) is 12.7. The number of hydrogen-bond donors (Lipinski definition) is 4. The van der Waals surface area contributed by atoms with Crippen LogP contribution in [-0.4, -0.2) is 46.1 Å². The van der Waals surface area contributed by atoms with Gasteiger partial charge in [-0.15, -0.1) is 0 Å². The number of carbonyl (C=O) groups excluding carboxylic acids is 1. The molecule has 5 heteroatoms. The molecule has 0 aliphatic heterocycles. The molecule has 1 saturated carbocycles. The van der Waals surface area contributed by atoms with Gasteiger partial charge in [0, 0.05) is 30.7 Å². The number of amides is 1. The summed E-state index contributed by atoms with van der Waals surface area (Å²) in [5.41, 5.74) is 1.17. The van der Waals surface area contributed by atoms with Crippen molar-refractivity contribution in [1.82, 2.24) is 5.32 Å². The van der Waals surface area contributed by atoms with Crippen LogP contribution in [0, 0.1) is 17.8 Å². The Labute approximate surface area is 180 Å². The summed E-state index contributed by atoms with van der Waals surface area (Å²) in [5.74, 6) is -1.19. The Kier molecular flexibility index (Phi) is 10.3. The van der Waals surface area contributed by atoms with Gasteiger partial charge in [-0.05, 0) is 45.1 Å². The third kappa shape index (κ3) is 7.08. The largest absolute Gasteiger partial charge is 0.393 e. The summed E-state index contributed by atoms with van der Waals surface area (Å²) >= 11 is 0. The zero-order valence-corrected chi connectivity index (χ0v) is 18.2. The van der Waals surface area contributed by atoms with Crippen LogP contribution in [0.1, 0.15) is 45.1 Å². The van der Waals surface area contributed by atoms with Gasteiger partial charge in [0.2, 0.25) is 5.91 Å². The van der Waals surface area contributed by atoms with Crippen LogP contribution in [0.15, 0.2) is 54.6 Å². The summed E-state index contributed by atoms with van der Waals surface area (Å²) in [7, 11) is 0. The summed E-state index contributed by atoms with van der Waals surface area (Å²) in [6.45, 7) is 4.35. The van der Waals surface area contributed by atoms with Crippen LogP contribution < -0.4 is 5.32 Å². The van der Waals surface area contributed by atoms with E-state index in [0.29, 0.717) is 19.4 Å². The normalized spacial score (nSPS) is 26.3. The number of nitrogens with one attached hydrogen (secondary N) is 1. The van der Waals surface area contributed by atoms with E-state index in [1.54, 1.807) is 6.08 Å². The van der Waals surface area contributed by atoms with Gasteiger partial charge in [-0.3, -0.25) is 4.79 Å². The van der Waals surface area contributed by atoms with Crippen molar-refractivity contribution < 1.29 is 20.1 Å². The second-order valence-electron chi connectivity index (χ2n) is 8.15. The maximum absolute atomic E-state index is 12.7. The number of aliphatic hydroxyl groups is 3. The molecule has 1 fully saturated rings. The molecule has 1 aromatic rings. The molecule has 4 N–H and O–H groups in total. The first-order valence-corrected chi connectivity index (χ1v) is 11.1. The van der Waals surface area contributed by atoms with Crippen LogP contribution in [0.5, 0.6) is 0 Å². The number of aryl methyl sites for hydroxylation is 1. The van der Waals surface area contributed by atoms with E-state index in [1.807, 2.05) is 62.4 Å². The Hall–Kier alpha value is -1.95. The van der Waals surface area contributed by atoms with Crippen molar-refractivity contribution in [1.29, 1.82) is 0 Å². The lowest BCUT2D eigenvalue weighted by Crippen LogP contribution is -2.40. The fourth-order valence-electron chi connectivity index (χ4n) is 4.43. The van der Waals surface area contributed by atoms with E-state index in [2.05, 4.69) is 5.32 Å². The SMILES string of the molecule is CC=CCCC(C(=O)NCC)[C@H]1[C@@H](/C=C/C(O)CCc2ccccc2)[C@H](O)C[C@@H]1O. The van der Waals surface area contributed by atoms with Gasteiger partial charge in [0.1, 0.15) is 0 Å². The van der Waals surface area contributed by atoms with Crippen LogP contribution >= 0.6 is 0 Å². The molecular weight excluding hydrogens is 378 g/mol. The minimum absolute atomic E-state index is 0.0804. The molecule has 0 aromatic heterocycles. The lowest BCUT2D eigenvalue weighted by molar-refractivity contribution is -0.128. The highest BCUT2D eigenvalue weighted by molar-refractivity contribution is 5.79. The molecule has 1 aliphatic carbocycles. The fourth-order valence-corrected chi connectivity index (χ4v) is 4.43. The predicted molar refractivity (Wildman–Crippen MR) is 120 cm³/mol. The molecule has 166 valence electrons. The van der Waals surface area contributed by atoms with E-state index in [-0.39, 0.29) is 30.1 Å². The number of rotatable bonds is 11. The average molecular weight is 416 g/mol. The molecule has 2 unspecified atom stereocenters. The van der Waals surface area contributed by atoms with E-state index >= 15 is 0 Å². The fraction of sp³-hybridized carbons (Fsp3) is 0.560. The average Bonchev–Trinajstić information content (AvgIpc) is 3.01. The Balaban J connectivity index is 2.08. The molecule has 0 bridgehead atoms. The van der Waals surface area contributed by atoms with Crippen molar-refractivity contribution in [3.8, 4) is 0 Å². The number of hydrogen-bond acceptors (Lipinski definition) is 4. The zero-order chi connectivity index (χ0) is 21.9. The van der Waals surface area contributed by atoms with Crippen molar-refractivity contribution in [2.24, 2.45) is 17.8 Å². The summed E-state index contributed by atoms with van der Waals surface area (Å²) in [6.07, 6.45) is 8.34. The molecule has 2 rings (SSSR count). The van der Waals surface area contributed by atoms with E-state index < -0.39 is 18.3 Å². The van der Waals surface area contributed by atoms with Crippen molar-refractivity contribution >= 4 is 5.91 Å². The maximum atomic E-state index is 12.7. The predicted octanol–water partition coefficient (Wildman–Crippen LogP) is 3.00. The number of carbonyl (C=O) groups is 1. The van der Waals surface area contributed by atoms with Crippen LogP contribution in [0.4, 0.5) is 0 Å². The first-order valence-electron chi connectivity index (χ1n) is 11.1. The van der Waals surface area contributed by atoms with Gasteiger partial charge in [-0.2, -0.15) is 0 Å². The Bertz CT molecular complexity index is 688. The van der Waals surface area contributed by atoms with Crippen molar-refractivity contribution in [2.75, 3.05) is 6.54 Å². The van der Waals surface area contributed by atoms with Crippen LogP contribution in [0.25, 0.3) is 0 Å². The third-order valence-electron chi connectivity index (χ3n) is 5.98. The van der Waals surface area contributed by atoms with Gasteiger partial charge in [-0.1, -0.05) is 54.6 Å². The van der Waals surface area contributed by atoms with Crippen LogP contribution in [0.2, 0.25) is 0 Å². The zero-order valence-electron chi connectivity index (χ0n) is 18.2. The molecule has 30 heavy (non-hydrogen) atoms. The van der Waals surface area contributed by atoms with E-state index in [9.17, 15) is 20.1 Å². The van der Waals surface area contributed by atoms with E-state index in [4.69, 9.17) is 0 Å². The smallest absolute Gasteiger partial charge is 0.223 e. The van der Waals surface area contributed by atoms with Crippen LogP contribution in [0.3, 0.4) is 0 Å². The number of benzene rings is 1. The molecule has 0 saturated heterocycles. The third-order valence-corrected chi connectivity index (χ3v) is 5.98. The summed E-state index contributed by atoms with van der Waals surface area (Å²) < 4.78 is 0. The van der Waals surface area contributed by atoms with Crippen molar-refractivity contribution in [3.05, 3.63) is 60.2 Å². The van der Waals surface area contributed by atoms with Crippen molar-refractivity contribution in [3.63, 3.8) is 0 Å². The number of allylic oxidation sites excluding steroid dienone is 2. The molecule has 1 amide bonds. The van der Waals surface area contributed by atoms with Gasteiger partial charge >= 0.3 is 0 Å². The minimum Gasteiger partial charge on any atom is -0.393 e. The summed E-state index contributed by atoms with van der Waals surface area (Å²) in [5, 5.41) is 34.5. The van der Waals surface area contributed by atoms with Gasteiger partial charge in [0.05, 0.1) is 18.3 Å². The quantitative estimate of drug-likeness (QED) is 0.418. The number of aliphatic hydroxyl groups excluding tert-OH is 3. The van der Waals surface area contributed by atoms with Gasteiger partial charge in [0.15, 0.2) is 0 Å². The van der Waals surface area contributed by atoms with Gasteiger partial charge in [-0.25, -0.2) is 0 Å². The molecule has 5 nitrogen and oxygen atoms in total. The highest BCUT2D eigenvalue weighted by atomic mass is 16.3. The second-order valence-corrected chi connectivity index (χ2v) is 8.15. The topological polar surface area (TPSA) is 89.8 Å². The lowest BCUT2D eigenvalue weighted by Gasteiger charge is -2.29. The summed E-state index contributed by atoms with van der Waals surface area (Å²) in [6, 6.07) is 9.99. The minimum atomic E-state index is -0.741. The van der Waals surface area contributed by atoms with Gasteiger partial charge < -0.3 is 20.6 Å². The molecule has 6 atom stereocenters.